The first-order valence-electron chi connectivity index (χ1n) is 7.64. The molecule has 25 heavy (non-hydrogen) atoms. The van der Waals surface area contributed by atoms with Crippen molar-refractivity contribution in [3.63, 3.8) is 0 Å². The molecule has 8 heteroatoms. The Morgan fingerprint density at radius 1 is 1.04 bits per heavy atom. The summed E-state index contributed by atoms with van der Waals surface area (Å²) in [6.45, 7) is 2.05. The monoisotopic (exact) mass is 400 g/mol. The zero-order valence-electron chi connectivity index (χ0n) is 13.6. The van der Waals surface area contributed by atoms with Gasteiger partial charge in [-0.3, -0.25) is 4.79 Å². The molecule has 2 N–H and O–H groups in total. The van der Waals surface area contributed by atoms with Gasteiger partial charge in [-0.05, 0) is 42.3 Å². The molecule has 0 unspecified atom stereocenters. The van der Waals surface area contributed by atoms with Gasteiger partial charge in [0.05, 0.1) is 4.90 Å². The average Bonchev–Trinajstić information content (AvgIpc) is 2.52. The minimum atomic E-state index is -3.46. The van der Waals surface area contributed by atoms with Gasteiger partial charge in [0.2, 0.25) is 15.9 Å². The zero-order valence-corrected chi connectivity index (χ0v) is 15.9. The molecule has 0 spiro atoms. The van der Waals surface area contributed by atoms with Crippen LogP contribution >= 0.6 is 23.2 Å². The predicted octanol–water partition coefficient (Wildman–Crippen LogP) is 3.86. The molecule has 0 aromatic heterocycles. The highest BCUT2D eigenvalue weighted by atomic mass is 35.5. The summed E-state index contributed by atoms with van der Waals surface area (Å²) in [6, 6.07) is 11.3. The van der Waals surface area contributed by atoms with Gasteiger partial charge in [-0.15, -0.1) is 0 Å². The number of hydrogen-bond donors (Lipinski definition) is 2. The van der Waals surface area contributed by atoms with Gasteiger partial charge in [0.1, 0.15) is 0 Å². The molecule has 2 rings (SSSR count). The molecule has 0 aliphatic heterocycles. The van der Waals surface area contributed by atoms with Crippen molar-refractivity contribution in [2.45, 2.75) is 24.7 Å². The first-order valence-corrected chi connectivity index (χ1v) is 9.88. The number of anilines is 1. The Morgan fingerprint density at radius 2 is 1.64 bits per heavy atom. The van der Waals surface area contributed by atoms with Crippen LogP contribution in [0.1, 0.15) is 18.9 Å². The van der Waals surface area contributed by atoms with E-state index < -0.39 is 10.0 Å². The molecule has 0 aliphatic rings. The molecule has 0 atom stereocenters. The van der Waals surface area contributed by atoms with Crippen molar-refractivity contribution in [2.24, 2.45) is 0 Å². The fraction of sp³-hybridized carbons (Fsp3) is 0.235. The predicted molar refractivity (Wildman–Crippen MR) is 101 cm³/mol. The van der Waals surface area contributed by atoms with Crippen LogP contribution in [0.25, 0.3) is 0 Å². The van der Waals surface area contributed by atoms with Crippen molar-refractivity contribution in [3.8, 4) is 0 Å². The van der Waals surface area contributed by atoms with E-state index >= 15 is 0 Å². The van der Waals surface area contributed by atoms with Crippen molar-refractivity contribution in [1.29, 1.82) is 0 Å². The van der Waals surface area contributed by atoms with Crippen LogP contribution in [0.3, 0.4) is 0 Å². The van der Waals surface area contributed by atoms with Gasteiger partial charge in [-0.25, -0.2) is 13.1 Å². The Bertz CT molecular complexity index is 832. The number of halogens is 2. The standard InChI is InChI=1S/C17H18Cl2N2O3S/c1-2-20-25(23,24)16-6-3-12(4-7-16)5-8-17(22)21-15-10-13(18)9-14(19)11-15/h3-4,6-7,9-11,20H,2,5,8H2,1H3,(H,21,22). The molecule has 0 saturated carbocycles. The minimum absolute atomic E-state index is 0.178. The Balaban J connectivity index is 1.93. The van der Waals surface area contributed by atoms with E-state index in [4.69, 9.17) is 23.2 Å². The maximum atomic E-state index is 12.0. The van der Waals surface area contributed by atoms with Crippen molar-refractivity contribution in [2.75, 3.05) is 11.9 Å². The largest absolute Gasteiger partial charge is 0.326 e. The van der Waals surface area contributed by atoms with E-state index in [9.17, 15) is 13.2 Å². The first-order chi connectivity index (χ1) is 11.8. The van der Waals surface area contributed by atoms with Crippen molar-refractivity contribution < 1.29 is 13.2 Å². The second kappa shape index (κ2) is 8.67. The van der Waals surface area contributed by atoms with Crippen molar-refractivity contribution in [1.82, 2.24) is 4.72 Å². The molecule has 0 fully saturated rings. The third-order valence-corrected chi connectivity index (χ3v) is 5.35. The van der Waals surface area contributed by atoms with Gasteiger partial charge < -0.3 is 5.32 Å². The van der Waals surface area contributed by atoms with Gasteiger partial charge in [0, 0.05) is 28.7 Å². The Hall–Kier alpha value is -1.60. The molecule has 0 saturated heterocycles. The summed E-state index contributed by atoms with van der Waals surface area (Å²) in [5.74, 6) is -0.178. The van der Waals surface area contributed by atoms with E-state index in [2.05, 4.69) is 10.0 Å². The molecule has 2 aromatic rings. The van der Waals surface area contributed by atoms with Gasteiger partial charge in [-0.1, -0.05) is 42.3 Å². The summed E-state index contributed by atoms with van der Waals surface area (Å²) in [5.41, 5.74) is 1.41. The molecule has 0 bridgehead atoms. The lowest BCUT2D eigenvalue weighted by Gasteiger charge is -2.08. The number of benzene rings is 2. The van der Waals surface area contributed by atoms with E-state index in [0.29, 0.717) is 28.7 Å². The molecule has 2 aromatic carbocycles. The highest BCUT2D eigenvalue weighted by Crippen LogP contribution is 2.22. The maximum Gasteiger partial charge on any atom is 0.240 e. The molecule has 0 aliphatic carbocycles. The fourth-order valence-corrected chi connectivity index (χ4v) is 3.78. The van der Waals surface area contributed by atoms with Crippen LogP contribution in [-0.2, 0) is 21.2 Å². The lowest BCUT2D eigenvalue weighted by Crippen LogP contribution is -2.23. The van der Waals surface area contributed by atoms with E-state index in [1.165, 1.54) is 12.1 Å². The number of aryl methyl sites for hydroxylation is 1. The van der Waals surface area contributed by atoms with Gasteiger partial charge in [-0.2, -0.15) is 0 Å². The number of sulfonamides is 1. The highest BCUT2D eigenvalue weighted by Gasteiger charge is 2.12. The molecule has 5 nitrogen and oxygen atoms in total. The maximum absolute atomic E-state index is 12.0. The second-order valence-electron chi connectivity index (χ2n) is 5.35. The quantitative estimate of drug-likeness (QED) is 0.740. The Labute approximate surface area is 157 Å². The number of rotatable bonds is 7. The number of carbonyl (C=O) groups excluding carboxylic acids is 1. The van der Waals surface area contributed by atoms with Crippen LogP contribution in [0.2, 0.25) is 10.0 Å². The average molecular weight is 401 g/mol. The topological polar surface area (TPSA) is 75.3 Å². The summed E-state index contributed by atoms with van der Waals surface area (Å²) in [7, 11) is -3.46. The molecule has 1 amide bonds. The van der Waals surface area contributed by atoms with E-state index in [0.717, 1.165) is 5.56 Å². The number of amides is 1. The van der Waals surface area contributed by atoms with Gasteiger partial charge >= 0.3 is 0 Å². The lowest BCUT2D eigenvalue weighted by molar-refractivity contribution is -0.116. The molecular weight excluding hydrogens is 383 g/mol. The number of carbonyl (C=O) groups is 1. The van der Waals surface area contributed by atoms with Crippen LogP contribution in [0, 0.1) is 0 Å². The van der Waals surface area contributed by atoms with Crippen LogP contribution in [0.4, 0.5) is 5.69 Å². The van der Waals surface area contributed by atoms with Crippen LogP contribution in [0.15, 0.2) is 47.4 Å². The Kier molecular flexibility index (Phi) is 6.84. The van der Waals surface area contributed by atoms with E-state index in [-0.39, 0.29) is 17.2 Å². The van der Waals surface area contributed by atoms with Crippen LogP contribution < -0.4 is 10.0 Å². The lowest BCUT2D eigenvalue weighted by atomic mass is 10.1. The van der Waals surface area contributed by atoms with Crippen molar-refractivity contribution >= 4 is 44.8 Å². The molecule has 0 heterocycles. The van der Waals surface area contributed by atoms with Gasteiger partial charge in [0.15, 0.2) is 0 Å². The smallest absolute Gasteiger partial charge is 0.240 e. The van der Waals surface area contributed by atoms with E-state index in [1.54, 1.807) is 37.3 Å². The van der Waals surface area contributed by atoms with Crippen LogP contribution in [0.5, 0.6) is 0 Å². The highest BCUT2D eigenvalue weighted by molar-refractivity contribution is 7.89. The van der Waals surface area contributed by atoms with Crippen molar-refractivity contribution in [3.05, 3.63) is 58.1 Å². The summed E-state index contributed by atoms with van der Waals surface area (Å²) < 4.78 is 26.2. The van der Waals surface area contributed by atoms with Crippen LogP contribution in [-0.4, -0.2) is 20.9 Å². The van der Waals surface area contributed by atoms with E-state index in [1.807, 2.05) is 0 Å². The Morgan fingerprint density at radius 3 is 2.20 bits per heavy atom. The summed E-state index contributed by atoms with van der Waals surface area (Å²) >= 11 is 11.8. The second-order valence-corrected chi connectivity index (χ2v) is 7.99. The summed E-state index contributed by atoms with van der Waals surface area (Å²) in [6.07, 6.45) is 0.741. The summed E-state index contributed by atoms with van der Waals surface area (Å²) in [4.78, 5) is 12.2. The molecular formula is C17H18Cl2N2O3S. The first kappa shape index (κ1) is 19.7. The third kappa shape index (κ3) is 6.01. The number of hydrogen-bond acceptors (Lipinski definition) is 3. The number of nitrogens with one attached hydrogen (secondary N) is 2. The molecule has 0 radical (unpaired) electrons. The molecule has 134 valence electrons. The minimum Gasteiger partial charge on any atom is -0.326 e. The fourth-order valence-electron chi connectivity index (χ4n) is 2.22. The zero-order chi connectivity index (χ0) is 18.4. The normalized spacial score (nSPS) is 11.3. The third-order valence-electron chi connectivity index (χ3n) is 3.36. The van der Waals surface area contributed by atoms with Gasteiger partial charge in [0.25, 0.3) is 0 Å². The SMILES string of the molecule is CCNS(=O)(=O)c1ccc(CCC(=O)Nc2cc(Cl)cc(Cl)c2)cc1. The summed E-state index contributed by atoms with van der Waals surface area (Å²) in [5, 5.41) is 3.62.